The second-order valence-electron chi connectivity index (χ2n) is 5.04. The van der Waals surface area contributed by atoms with Gasteiger partial charge in [-0.25, -0.2) is 0 Å². The molecule has 1 amide bonds. The number of nitrogens with zero attached hydrogens (tertiary/aromatic N) is 1. The zero-order valence-electron chi connectivity index (χ0n) is 12.0. The molecule has 0 atom stereocenters. The molecule has 6 heteroatoms. The van der Waals surface area contributed by atoms with Crippen LogP contribution in [0, 0.1) is 0 Å². The lowest BCUT2D eigenvalue weighted by molar-refractivity contribution is 0.0952. The van der Waals surface area contributed by atoms with Gasteiger partial charge in [-0.05, 0) is 29.7 Å². The maximum Gasteiger partial charge on any atom is 0.254 e. The molecule has 0 aliphatic heterocycles. The van der Waals surface area contributed by atoms with Gasteiger partial charge in [-0.3, -0.25) is 4.79 Å². The highest BCUT2D eigenvalue weighted by Crippen LogP contribution is 2.31. The third-order valence-corrected chi connectivity index (χ3v) is 4.71. The number of aromatic nitrogens is 1. The Morgan fingerprint density at radius 2 is 1.74 bits per heavy atom. The van der Waals surface area contributed by atoms with Crippen molar-refractivity contribution >= 4 is 51.6 Å². The largest absolute Gasteiger partial charge is 0.350 e. The minimum atomic E-state index is -0.334. The van der Waals surface area contributed by atoms with Crippen molar-refractivity contribution in [2.75, 3.05) is 6.54 Å². The van der Waals surface area contributed by atoms with Crippen molar-refractivity contribution in [3.63, 3.8) is 0 Å². The predicted molar refractivity (Wildman–Crippen MR) is 95.7 cm³/mol. The van der Waals surface area contributed by atoms with Crippen LogP contribution in [0.25, 0.3) is 10.9 Å². The van der Waals surface area contributed by atoms with Crippen molar-refractivity contribution in [1.82, 2.24) is 9.88 Å². The molecule has 118 valence electrons. The molecular formula is C17H13Cl3N2O. The summed E-state index contributed by atoms with van der Waals surface area (Å²) in [5.41, 5.74) is 1.33. The first kappa shape index (κ1) is 16.2. The first-order chi connectivity index (χ1) is 11.1. The highest BCUT2D eigenvalue weighted by molar-refractivity contribution is 6.46. The third-order valence-electron chi connectivity index (χ3n) is 3.59. The number of rotatable bonds is 4. The number of halogens is 3. The van der Waals surface area contributed by atoms with Crippen LogP contribution in [0.2, 0.25) is 15.1 Å². The Kier molecular flexibility index (Phi) is 4.81. The number of carbonyl (C=O) groups excluding carboxylic acids is 1. The van der Waals surface area contributed by atoms with Crippen molar-refractivity contribution in [3.05, 3.63) is 69.3 Å². The predicted octanol–water partition coefficient (Wildman–Crippen LogP) is 5.03. The van der Waals surface area contributed by atoms with Gasteiger partial charge < -0.3 is 9.88 Å². The van der Waals surface area contributed by atoms with E-state index >= 15 is 0 Å². The maximum absolute atomic E-state index is 12.3. The summed E-state index contributed by atoms with van der Waals surface area (Å²) in [6.07, 6.45) is 2.00. The molecule has 0 fully saturated rings. The fourth-order valence-corrected chi connectivity index (χ4v) is 3.15. The summed E-state index contributed by atoms with van der Waals surface area (Å²) < 4.78 is 2.08. The number of carbonyl (C=O) groups is 1. The SMILES string of the molecule is O=C(NCCn1ccc2ccccc21)c1c(Cl)ccc(Cl)c1Cl. The Balaban J connectivity index is 1.69. The van der Waals surface area contributed by atoms with E-state index in [0.29, 0.717) is 18.1 Å². The number of benzene rings is 2. The molecule has 0 aliphatic rings. The average Bonchev–Trinajstić information content (AvgIpc) is 2.95. The molecule has 1 N–H and O–H groups in total. The van der Waals surface area contributed by atoms with Gasteiger partial charge in [0, 0.05) is 24.8 Å². The van der Waals surface area contributed by atoms with Crippen LogP contribution in [-0.4, -0.2) is 17.0 Å². The van der Waals surface area contributed by atoms with Gasteiger partial charge in [0.2, 0.25) is 0 Å². The number of fused-ring (bicyclic) bond motifs is 1. The van der Waals surface area contributed by atoms with E-state index in [1.807, 2.05) is 30.5 Å². The van der Waals surface area contributed by atoms with Crippen molar-refractivity contribution in [3.8, 4) is 0 Å². The fraction of sp³-hybridized carbons (Fsp3) is 0.118. The van der Waals surface area contributed by atoms with Crippen LogP contribution in [0.3, 0.4) is 0 Å². The molecule has 0 bridgehead atoms. The molecule has 1 aromatic heterocycles. The van der Waals surface area contributed by atoms with Gasteiger partial charge in [0.1, 0.15) is 0 Å². The summed E-state index contributed by atoms with van der Waals surface area (Å²) >= 11 is 18.0. The lowest BCUT2D eigenvalue weighted by Gasteiger charge is -2.10. The normalized spacial score (nSPS) is 10.9. The smallest absolute Gasteiger partial charge is 0.254 e. The molecule has 0 aliphatic carbocycles. The zero-order chi connectivity index (χ0) is 16.4. The minimum absolute atomic E-state index is 0.170. The Morgan fingerprint density at radius 1 is 1.00 bits per heavy atom. The summed E-state index contributed by atoms with van der Waals surface area (Å²) in [6, 6.07) is 13.2. The fourth-order valence-electron chi connectivity index (χ4n) is 2.45. The summed E-state index contributed by atoms with van der Waals surface area (Å²) in [4.78, 5) is 12.3. The Labute approximate surface area is 148 Å². The van der Waals surface area contributed by atoms with Crippen LogP contribution in [0.1, 0.15) is 10.4 Å². The lowest BCUT2D eigenvalue weighted by Crippen LogP contribution is -2.27. The summed E-state index contributed by atoms with van der Waals surface area (Å²) in [5.74, 6) is -0.334. The van der Waals surface area contributed by atoms with Crippen LogP contribution >= 0.6 is 34.8 Å². The Hall–Kier alpha value is -1.68. The van der Waals surface area contributed by atoms with Gasteiger partial charge in [-0.1, -0.05) is 53.0 Å². The molecule has 23 heavy (non-hydrogen) atoms. The molecule has 2 aromatic carbocycles. The van der Waals surface area contributed by atoms with Gasteiger partial charge in [0.25, 0.3) is 5.91 Å². The van der Waals surface area contributed by atoms with E-state index in [-0.39, 0.29) is 21.5 Å². The monoisotopic (exact) mass is 366 g/mol. The number of hydrogen-bond acceptors (Lipinski definition) is 1. The number of amides is 1. The van der Waals surface area contributed by atoms with E-state index in [1.54, 1.807) is 12.1 Å². The highest BCUT2D eigenvalue weighted by Gasteiger charge is 2.16. The number of para-hydroxylation sites is 1. The maximum atomic E-state index is 12.3. The van der Waals surface area contributed by atoms with Crippen LogP contribution < -0.4 is 5.32 Å². The molecule has 0 radical (unpaired) electrons. The highest BCUT2D eigenvalue weighted by atomic mass is 35.5. The van der Waals surface area contributed by atoms with Crippen LogP contribution in [-0.2, 0) is 6.54 Å². The van der Waals surface area contributed by atoms with Crippen molar-refractivity contribution in [2.45, 2.75) is 6.54 Å². The van der Waals surface area contributed by atoms with E-state index in [0.717, 1.165) is 5.52 Å². The summed E-state index contributed by atoms with van der Waals surface area (Å²) in [5, 5.41) is 4.74. The van der Waals surface area contributed by atoms with E-state index in [1.165, 1.54) is 5.39 Å². The first-order valence-electron chi connectivity index (χ1n) is 7.03. The van der Waals surface area contributed by atoms with Crippen LogP contribution in [0.4, 0.5) is 0 Å². The van der Waals surface area contributed by atoms with Crippen molar-refractivity contribution in [1.29, 1.82) is 0 Å². The molecule has 1 heterocycles. The first-order valence-corrected chi connectivity index (χ1v) is 8.17. The van der Waals surface area contributed by atoms with E-state index in [4.69, 9.17) is 34.8 Å². The molecule has 3 nitrogen and oxygen atoms in total. The quantitative estimate of drug-likeness (QED) is 0.645. The molecule has 3 rings (SSSR count). The van der Waals surface area contributed by atoms with Crippen molar-refractivity contribution in [2.24, 2.45) is 0 Å². The van der Waals surface area contributed by atoms with E-state index in [9.17, 15) is 4.79 Å². The lowest BCUT2D eigenvalue weighted by atomic mass is 10.2. The van der Waals surface area contributed by atoms with Crippen LogP contribution in [0.5, 0.6) is 0 Å². The second-order valence-corrected chi connectivity index (χ2v) is 6.23. The topological polar surface area (TPSA) is 34.0 Å². The van der Waals surface area contributed by atoms with Gasteiger partial charge >= 0.3 is 0 Å². The van der Waals surface area contributed by atoms with E-state index in [2.05, 4.69) is 16.0 Å². The zero-order valence-corrected chi connectivity index (χ0v) is 14.3. The molecular weight excluding hydrogens is 355 g/mol. The molecule has 0 unspecified atom stereocenters. The molecule has 0 saturated heterocycles. The third kappa shape index (κ3) is 3.32. The van der Waals surface area contributed by atoms with Gasteiger partial charge in [0.15, 0.2) is 0 Å². The Bertz CT molecular complexity index is 873. The Morgan fingerprint density at radius 3 is 2.57 bits per heavy atom. The van der Waals surface area contributed by atoms with Crippen molar-refractivity contribution < 1.29 is 4.79 Å². The average molecular weight is 368 g/mol. The standard InChI is InChI=1S/C17H13Cl3N2O/c18-12-5-6-13(19)16(20)15(12)17(23)21-8-10-22-9-7-11-3-1-2-4-14(11)22/h1-7,9H,8,10H2,(H,21,23). The summed E-state index contributed by atoms with van der Waals surface area (Å²) in [6.45, 7) is 1.10. The molecule has 3 aromatic rings. The van der Waals surface area contributed by atoms with Gasteiger partial charge in [-0.2, -0.15) is 0 Å². The summed E-state index contributed by atoms with van der Waals surface area (Å²) in [7, 11) is 0. The second kappa shape index (κ2) is 6.83. The minimum Gasteiger partial charge on any atom is -0.350 e. The van der Waals surface area contributed by atoms with Gasteiger partial charge in [0.05, 0.1) is 20.6 Å². The van der Waals surface area contributed by atoms with Crippen LogP contribution in [0.15, 0.2) is 48.7 Å². The number of hydrogen-bond donors (Lipinski definition) is 1. The van der Waals surface area contributed by atoms with Gasteiger partial charge in [-0.15, -0.1) is 0 Å². The molecule has 0 spiro atoms. The number of nitrogens with one attached hydrogen (secondary N) is 1. The van der Waals surface area contributed by atoms with E-state index < -0.39 is 0 Å². The molecule has 0 saturated carbocycles.